The predicted octanol–water partition coefficient (Wildman–Crippen LogP) is 2.50. The van der Waals surface area contributed by atoms with Crippen molar-refractivity contribution in [1.29, 1.82) is 0 Å². The molecular formula is C18H24N2O4. The fraction of sp³-hybridized carbons (Fsp3) is 0.500. The highest BCUT2D eigenvalue weighted by molar-refractivity contribution is 6.40. The van der Waals surface area contributed by atoms with Crippen molar-refractivity contribution in [2.45, 2.75) is 45.1 Å². The molecule has 0 bridgehead atoms. The van der Waals surface area contributed by atoms with Crippen LogP contribution in [0.2, 0.25) is 0 Å². The van der Waals surface area contributed by atoms with Crippen LogP contribution in [0.15, 0.2) is 24.3 Å². The molecule has 0 saturated heterocycles. The Morgan fingerprint density at radius 2 is 1.92 bits per heavy atom. The highest BCUT2D eigenvalue weighted by atomic mass is 16.5. The molecule has 24 heavy (non-hydrogen) atoms. The van der Waals surface area contributed by atoms with Crippen LogP contribution in [0, 0.1) is 5.92 Å². The molecule has 0 aliphatic heterocycles. The van der Waals surface area contributed by atoms with Crippen molar-refractivity contribution < 1.29 is 19.1 Å². The van der Waals surface area contributed by atoms with E-state index in [1.807, 2.05) is 0 Å². The third-order valence-electron chi connectivity index (χ3n) is 4.48. The number of esters is 1. The van der Waals surface area contributed by atoms with Crippen molar-refractivity contribution in [3.05, 3.63) is 29.8 Å². The van der Waals surface area contributed by atoms with E-state index in [-0.39, 0.29) is 17.3 Å². The number of benzene rings is 1. The number of hydrogen-bond acceptors (Lipinski definition) is 4. The topological polar surface area (TPSA) is 84.5 Å². The lowest BCUT2D eigenvalue weighted by Crippen LogP contribution is -2.44. The van der Waals surface area contributed by atoms with E-state index in [4.69, 9.17) is 0 Å². The summed E-state index contributed by atoms with van der Waals surface area (Å²) in [5, 5.41) is 5.29. The first kappa shape index (κ1) is 18.0. The van der Waals surface area contributed by atoms with Gasteiger partial charge in [0.15, 0.2) is 0 Å². The number of rotatable bonds is 4. The van der Waals surface area contributed by atoms with Crippen molar-refractivity contribution in [3.8, 4) is 0 Å². The summed E-state index contributed by atoms with van der Waals surface area (Å²) in [6.07, 6.45) is 5.14. The fourth-order valence-corrected chi connectivity index (χ4v) is 3.10. The van der Waals surface area contributed by atoms with Crippen molar-refractivity contribution >= 4 is 23.5 Å². The zero-order chi connectivity index (χ0) is 17.5. The normalized spacial score (nSPS) is 20.1. The Labute approximate surface area is 142 Å². The van der Waals surface area contributed by atoms with Crippen LogP contribution in [0.25, 0.3) is 0 Å². The average molecular weight is 332 g/mol. The summed E-state index contributed by atoms with van der Waals surface area (Å²) in [4.78, 5) is 35.9. The minimum Gasteiger partial charge on any atom is -0.465 e. The Bertz CT molecular complexity index is 615. The molecule has 1 saturated carbocycles. The number of ether oxygens (including phenoxy) is 1. The number of hydrogen-bond donors (Lipinski definition) is 2. The first-order valence-corrected chi connectivity index (χ1v) is 8.34. The van der Waals surface area contributed by atoms with E-state index in [0.717, 1.165) is 25.7 Å². The summed E-state index contributed by atoms with van der Waals surface area (Å²) in [5.41, 5.74) is 0.476. The molecule has 1 aliphatic carbocycles. The Morgan fingerprint density at radius 3 is 2.62 bits per heavy atom. The van der Waals surface area contributed by atoms with Gasteiger partial charge in [-0.25, -0.2) is 4.79 Å². The van der Waals surface area contributed by atoms with E-state index in [9.17, 15) is 14.4 Å². The Balaban J connectivity index is 1.97. The largest absolute Gasteiger partial charge is 0.465 e. The summed E-state index contributed by atoms with van der Waals surface area (Å²) in [5.74, 6) is -1.40. The Kier molecular flexibility index (Phi) is 6.35. The van der Waals surface area contributed by atoms with Gasteiger partial charge >= 0.3 is 17.8 Å². The zero-order valence-corrected chi connectivity index (χ0v) is 14.1. The molecule has 1 aromatic carbocycles. The van der Waals surface area contributed by atoms with Crippen LogP contribution in [0.4, 0.5) is 5.69 Å². The maximum Gasteiger partial charge on any atom is 0.339 e. The van der Waals surface area contributed by atoms with Crippen LogP contribution in [0.3, 0.4) is 0 Å². The quantitative estimate of drug-likeness (QED) is 0.655. The van der Waals surface area contributed by atoms with E-state index in [0.29, 0.717) is 5.92 Å². The molecule has 2 unspecified atom stereocenters. The second-order valence-corrected chi connectivity index (χ2v) is 6.10. The number of carbonyl (C=O) groups excluding carboxylic acids is 3. The minimum atomic E-state index is -0.773. The van der Waals surface area contributed by atoms with Gasteiger partial charge in [-0.1, -0.05) is 38.3 Å². The maximum absolute atomic E-state index is 12.1. The first-order chi connectivity index (χ1) is 11.5. The molecule has 6 heteroatoms. The van der Waals surface area contributed by atoms with Crippen LogP contribution in [0.5, 0.6) is 0 Å². The molecule has 0 heterocycles. The number of para-hydroxylation sites is 1. The molecule has 1 aromatic rings. The molecule has 2 rings (SSSR count). The van der Waals surface area contributed by atoms with E-state index in [2.05, 4.69) is 22.3 Å². The molecule has 0 aromatic heterocycles. The Hall–Kier alpha value is -2.37. The van der Waals surface area contributed by atoms with E-state index < -0.39 is 17.8 Å². The molecule has 2 atom stereocenters. The smallest absolute Gasteiger partial charge is 0.339 e. The van der Waals surface area contributed by atoms with Crippen LogP contribution in [-0.4, -0.2) is 30.9 Å². The summed E-state index contributed by atoms with van der Waals surface area (Å²) in [6, 6.07) is 6.47. The first-order valence-electron chi connectivity index (χ1n) is 8.34. The molecule has 2 amide bonds. The van der Waals surface area contributed by atoms with E-state index in [1.165, 1.54) is 19.6 Å². The molecule has 1 aliphatic rings. The number of amides is 2. The molecule has 0 spiro atoms. The third kappa shape index (κ3) is 4.57. The standard InChI is InChI=1S/C18H24N2O4/c1-3-12-7-6-8-13(11-12)19-16(21)17(22)20-15-10-5-4-9-14(15)18(23)24-2/h4-5,9-10,12-13H,3,6-8,11H2,1-2H3,(H,19,21)(H,20,22). The number of methoxy groups -OCH3 is 1. The van der Waals surface area contributed by atoms with Gasteiger partial charge in [-0.05, 0) is 30.9 Å². The maximum atomic E-state index is 12.1. The van der Waals surface area contributed by atoms with Gasteiger partial charge in [-0.2, -0.15) is 0 Å². The minimum absolute atomic E-state index is 0.0396. The van der Waals surface area contributed by atoms with Gasteiger partial charge in [0.25, 0.3) is 0 Å². The monoisotopic (exact) mass is 332 g/mol. The third-order valence-corrected chi connectivity index (χ3v) is 4.48. The highest BCUT2D eigenvalue weighted by Gasteiger charge is 2.25. The second kappa shape index (κ2) is 8.47. The van der Waals surface area contributed by atoms with Gasteiger partial charge in [0.05, 0.1) is 18.4 Å². The summed E-state index contributed by atoms with van der Waals surface area (Å²) < 4.78 is 4.67. The van der Waals surface area contributed by atoms with Gasteiger partial charge in [0.1, 0.15) is 0 Å². The van der Waals surface area contributed by atoms with Crippen molar-refractivity contribution in [2.75, 3.05) is 12.4 Å². The van der Waals surface area contributed by atoms with Gasteiger partial charge in [-0.3, -0.25) is 9.59 Å². The van der Waals surface area contributed by atoms with Gasteiger partial charge in [-0.15, -0.1) is 0 Å². The van der Waals surface area contributed by atoms with Crippen molar-refractivity contribution in [1.82, 2.24) is 5.32 Å². The lowest BCUT2D eigenvalue weighted by Gasteiger charge is -2.28. The average Bonchev–Trinajstić information content (AvgIpc) is 2.61. The molecular weight excluding hydrogens is 308 g/mol. The second-order valence-electron chi connectivity index (χ2n) is 6.10. The highest BCUT2D eigenvalue weighted by Crippen LogP contribution is 2.26. The summed E-state index contributed by atoms with van der Waals surface area (Å²) >= 11 is 0. The van der Waals surface area contributed by atoms with Crippen molar-refractivity contribution in [2.24, 2.45) is 5.92 Å². The van der Waals surface area contributed by atoms with Gasteiger partial charge < -0.3 is 15.4 Å². The van der Waals surface area contributed by atoms with Gasteiger partial charge in [0, 0.05) is 6.04 Å². The van der Waals surface area contributed by atoms with Crippen LogP contribution in [-0.2, 0) is 14.3 Å². The van der Waals surface area contributed by atoms with Gasteiger partial charge in [0.2, 0.25) is 0 Å². The molecule has 1 fully saturated rings. The zero-order valence-electron chi connectivity index (χ0n) is 14.1. The van der Waals surface area contributed by atoms with E-state index >= 15 is 0 Å². The molecule has 2 N–H and O–H groups in total. The SMILES string of the molecule is CCC1CCCC(NC(=O)C(=O)Nc2ccccc2C(=O)OC)C1. The predicted molar refractivity (Wildman–Crippen MR) is 90.6 cm³/mol. The Morgan fingerprint density at radius 1 is 1.17 bits per heavy atom. The van der Waals surface area contributed by atoms with Crippen LogP contribution < -0.4 is 10.6 Å². The fourth-order valence-electron chi connectivity index (χ4n) is 3.10. The molecule has 6 nitrogen and oxygen atoms in total. The summed E-state index contributed by atoms with van der Waals surface area (Å²) in [7, 11) is 1.26. The molecule has 0 radical (unpaired) electrons. The lowest BCUT2D eigenvalue weighted by molar-refractivity contribution is -0.136. The van der Waals surface area contributed by atoms with Crippen LogP contribution >= 0.6 is 0 Å². The lowest BCUT2D eigenvalue weighted by atomic mass is 9.84. The van der Waals surface area contributed by atoms with Crippen LogP contribution in [0.1, 0.15) is 49.4 Å². The van der Waals surface area contributed by atoms with Crippen molar-refractivity contribution in [3.63, 3.8) is 0 Å². The number of anilines is 1. The van der Waals surface area contributed by atoms with E-state index in [1.54, 1.807) is 18.2 Å². The number of nitrogens with one attached hydrogen (secondary N) is 2. The number of carbonyl (C=O) groups is 3. The summed E-state index contributed by atoms with van der Waals surface area (Å²) in [6.45, 7) is 2.14. The molecule has 130 valence electrons.